The van der Waals surface area contributed by atoms with Gasteiger partial charge < -0.3 is 4.90 Å². The number of amides is 3. The van der Waals surface area contributed by atoms with Crippen molar-refractivity contribution in [3.63, 3.8) is 0 Å². The number of rotatable bonds is 1. The summed E-state index contributed by atoms with van der Waals surface area (Å²) in [5.74, 6) is -0.572. The number of hydrogen-bond donors (Lipinski definition) is 2. The first-order valence-electron chi connectivity index (χ1n) is 7.65. The van der Waals surface area contributed by atoms with Gasteiger partial charge in [0.25, 0.3) is 5.91 Å². The summed E-state index contributed by atoms with van der Waals surface area (Å²) in [6.07, 6.45) is 3.09. The number of nitrogens with one attached hydrogen (secondary N) is 2. The van der Waals surface area contributed by atoms with Crippen molar-refractivity contribution in [1.29, 1.82) is 0 Å². The van der Waals surface area contributed by atoms with Gasteiger partial charge in [-0.1, -0.05) is 6.07 Å². The summed E-state index contributed by atoms with van der Waals surface area (Å²) in [6, 6.07) is 5.45. The van der Waals surface area contributed by atoms with Crippen LogP contribution in [0.2, 0.25) is 0 Å². The molecule has 2 fully saturated rings. The van der Waals surface area contributed by atoms with E-state index in [1.807, 2.05) is 12.1 Å². The second kappa shape index (κ2) is 4.91. The third-order valence-corrected chi connectivity index (χ3v) is 4.92. The first kappa shape index (κ1) is 13.9. The number of H-pyrrole nitrogens is 1. The molecule has 2 N–H and O–H groups in total. The van der Waals surface area contributed by atoms with Crippen LogP contribution >= 0.6 is 0 Å². The molecule has 0 aliphatic carbocycles. The van der Waals surface area contributed by atoms with Crippen LogP contribution in [0.25, 0.3) is 10.9 Å². The van der Waals surface area contributed by atoms with Crippen molar-refractivity contribution in [3.8, 4) is 0 Å². The molecule has 0 radical (unpaired) electrons. The van der Waals surface area contributed by atoms with Crippen LogP contribution < -0.4 is 5.32 Å². The minimum Gasteiger partial charge on any atom is -0.338 e. The van der Waals surface area contributed by atoms with Gasteiger partial charge in [-0.25, -0.2) is 0 Å². The first-order valence-corrected chi connectivity index (χ1v) is 7.65. The second-order valence-corrected chi connectivity index (χ2v) is 6.27. The molecular weight excluding hydrogens is 296 g/mol. The number of piperidine rings is 1. The zero-order chi connectivity index (χ0) is 16.0. The zero-order valence-corrected chi connectivity index (χ0v) is 12.5. The van der Waals surface area contributed by atoms with Gasteiger partial charge in [0, 0.05) is 24.9 Å². The highest BCUT2D eigenvalue weighted by Gasteiger charge is 2.48. The Balaban J connectivity index is 1.60. The standard InChI is InChI=1S/C16H16N4O3/c21-13-4-5-16(15(23)18-13)6-7-20(9-16)14(22)10-2-1-3-12-11(10)8-17-19-12/h1-3,8H,4-7,9H2,(H,17,19)(H,18,21,23). The number of aromatic nitrogens is 2. The number of fused-ring (bicyclic) bond motifs is 1. The first-order chi connectivity index (χ1) is 11.1. The number of carbonyl (C=O) groups excluding carboxylic acids is 3. The average Bonchev–Trinajstić information content (AvgIpc) is 3.18. The lowest BCUT2D eigenvalue weighted by Gasteiger charge is -2.31. The van der Waals surface area contributed by atoms with Gasteiger partial charge >= 0.3 is 0 Å². The van der Waals surface area contributed by atoms with Crippen molar-refractivity contribution in [1.82, 2.24) is 20.4 Å². The average molecular weight is 312 g/mol. The van der Waals surface area contributed by atoms with Crippen molar-refractivity contribution >= 4 is 28.6 Å². The SMILES string of the molecule is O=C1CCC2(CCN(C(=O)c3cccc4[nH]ncc34)C2)C(=O)N1. The molecule has 23 heavy (non-hydrogen) atoms. The number of benzene rings is 1. The third kappa shape index (κ3) is 2.11. The van der Waals surface area contributed by atoms with E-state index in [1.165, 1.54) is 0 Å². The summed E-state index contributed by atoms with van der Waals surface area (Å²) in [5, 5.41) is 10.0. The van der Waals surface area contributed by atoms with E-state index < -0.39 is 5.41 Å². The van der Waals surface area contributed by atoms with Crippen LogP contribution in [0.3, 0.4) is 0 Å². The van der Waals surface area contributed by atoms with Crippen LogP contribution in [-0.4, -0.2) is 45.9 Å². The Morgan fingerprint density at radius 2 is 2.13 bits per heavy atom. The lowest BCUT2D eigenvalue weighted by atomic mass is 9.79. The van der Waals surface area contributed by atoms with Crippen LogP contribution in [0.15, 0.2) is 24.4 Å². The minimum atomic E-state index is -0.617. The molecule has 0 bridgehead atoms. The molecule has 1 aromatic carbocycles. The maximum Gasteiger partial charge on any atom is 0.254 e. The maximum atomic E-state index is 12.8. The van der Waals surface area contributed by atoms with E-state index in [0.29, 0.717) is 37.9 Å². The van der Waals surface area contributed by atoms with Gasteiger partial charge in [0.2, 0.25) is 11.8 Å². The van der Waals surface area contributed by atoms with Crippen LogP contribution in [0.4, 0.5) is 0 Å². The fraction of sp³-hybridized carbons (Fsp3) is 0.375. The fourth-order valence-electron chi connectivity index (χ4n) is 3.55. The molecule has 4 rings (SSSR count). The number of aromatic amines is 1. The van der Waals surface area contributed by atoms with Crippen molar-refractivity contribution in [3.05, 3.63) is 30.0 Å². The smallest absolute Gasteiger partial charge is 0.254 e. The Bertz CT molecular complexity index is 828. The van der Waals surface area contributed by atoms with Gasteiger partial charge in [0.05, 0.1) is 22.7 Å². The van der Waals surface area contributed by atoms with E-state index in [1.54, 1.807) is 17.2 Å². The van der Waals surface area contributed by atoms with Gasteiger partial charge in [-0.05, 0) is 25.0 Å². The summed E-state index contributed by atoms with van der Waals surface area (Å²) in [5.41, 5.74) is 0.778. The molecule has 1 unspecified atom stereocenters. The largest absolute Gasteiger partial charge is 0.338 e. The predicted octanol–water partition coefficient (Wildman–Crippen LogP) is 0.832. The molecular formula is C16H16N4O3. The van der Waals surface area contributed by atoms with Crippen molar-refractivity contribution in [2.24, 2.45) is 5.41 Å². The molecule has 2 saturated heterocycles. The number of imide groups is 1. The monoisotopic (exact) mass is 312 g/mol. The molecule has 0 saturated carbocycles. The molecule has 2 aliphatic rings. The quantitative estimate of drug-likeness (QED) is 0.763. The van der Waals surface area contributed by atoms with Crippen LogP contribution in [-0.2, 0) is 9.59 Å². The zero-order valence-electron chi connectivity index (χ0n) is 12.5. The van der Waals surface area contributed by atoms with E-state index in [-0.39, 0.29) is 17.7 Å². The Hall–Kier alpha value is -2.70. The van der Waals surface area contributed by atoms with Gasteiger partial charge in [-0.15, -0.1) is 0 Å². The molecule has 3 amide bonds. The van der Waals surface area contributed by atoms with E-state index in [2.05, 4.69) is 15.5 Å². The minimum absolute atomic E-state index is 0.0985. The van der Waals surface area contributed by atoms with E-state index in [9.17, 15) is 14.4 Å². The van der Waals surface area contributed by atoms with Crippen molar-refractivity contribution < 1.29 is 14.4 Å². The highest BCUT2D eigenvalue weighted by molar-refractivity contribution is 6.07. The Morgan fingerprint density at radius 1 is 1.26 bits per heavy atom. The van der Waals surface area contributed by atoms with Crippen molar-refractivity contribution in [2.75, 3.05) is 13.1 Å². The topological polar surface area (TPSA) is 95.2 Å². The van der Waals surface area contributed by atoms with Gasteiger partial charge in [-0.3, -0.25) is 24.8 Å². The lowest BCUT2D eigenvalue weighted by Crippen LogP contribution is -2.50. The lowest BCUT2D eigenvalue weighted by molar-refractivity contribution is -0.141. The van der Waals surface area contributed by atoms with Crippen LogP contribution in [0, 0.1) is 5.41 Å². The highest BCUT2D eigenvalue weighted by Crippen LogP contribution is 2.38. The van der Waals surface area contributed by atoms with Gasteiger partial charge in [0.1, 0.15) is 0 Å². The Morgan fingerprint density at radius 3 is 2.96 bits per heavy atom. The van der Waals surface area contributed by atoms with Crippen molar-refractivity contribution in [2.45, 2.75) is 19.3 Å². The Kier molecular flexibility index (Phi) is 2.97. The van der Waals surface area contributed by atoms with E-state index >= 15 is 0 Å². The van der Waals surface area contributed by atoms with E-state index in [4.69, 9.17) is 0 Å². The number of carbonyl (C=O) groups is 3. The summed E-state index contributed by atoms with van der Waals surface area (Å²) in [4.78, 5) is 38.1. The number of likely N-dealkylation sites (tertiary alicyclic amines) is 1. The van der Waals surface area contributed by atoms with Crippen LogP contribution in [0.5, 0.6) is 0 Å². The maximum absolute atomic E-state index is 12.8. The molecule has 1 atom stereocenters. The molecule has 2 aliphatic heterocycles. The molecule has 3 heterocycles. The normalized spacial score (nSPS) is 24.4. The van der Waals surface area contributed by atoms with E-state index in [0.717, 1.165) is 10.9 Å². The predicted molar refractivity (Wildman–Crippen MR) is 81.4 cm³/mol. The summed E-state index contributed by atoms with van der Waals surface area (Å²) in [7, 11) is 0. The summed E-state index contributed by atoms with van der Waals surface area (Å²) in [6.45, 7) is 0.883. The fourth-order valence-corrected chi connectivity index (χ4v) is 3.55. The molecule has 1 aromatic heterocycles. The van der Waals surface area contributed by atoms with Gasteiger partial charge in [0.15, 0.2) is 0 Å². The molecule has 118 valence electrons. The molecule has 2 aromatic rings. The molecule has 7 heteroatoms. The summed E-state index contributed by atoms with van der Waals surface area (Å²) < 4.78 is 0. The van der Waals surface area contributed by atoms with Gasteiger partial charge in [-0.2, -0.15) is 5.10 Å². The number of hydrogen-bond acceptors (Lipinski definition) is 4. The molecule has 1 spiro atoms. The number of nitrogens with zero attached hydrogens (tertiary/aromatic N) is 2. The third-order valence-electron chi connectivity index (χ3n) is 4.92. The van der Waals surface area contributed by atoms with Crippen LogP contribution in [0.1, 0.15) is 29.6 Å². The molecule has 7 nitrogen and oxygen atoms in total. The summed E-state index contributed by atoms with van der Waals surface area (Å²) >= 11 is 0. The highest BCUT2D eigenvalue weighted by atomic mass is 16.2. The second-order valence-electron chi connectivity index (χ2n) is 6.27. The Labute approximate surface area is 132 Å².